The molecule has 5 nitrogen and oxygen atoms in total. The molecule has 104 valence electrons. The van der Waals surface area contributed by atoms with E-state index in [4.69, 9.17) is 0 Å². The van der Waals surface area contributed by atoms with Crippen molar-refractivity contribution in [2.45, 2.75) is 32.6 Å². The second-order valence-electron chi connectivity index (χ2n) is 5.33. The molecule has 0 saturated carbocycles. The molecule has 0 atom stereocenters. The fourth-order valence-corrected chi connectivity index (χ4v) is 2.76. The maximum atomic E-state index is 4.60. The van der Waals surface area contributed by atoms with Gasteiger partial charge < -0.3 is 4.90 Å². The highest BCUT2D eigenvalue weighted by Gasteiger charge is 2.23. The van der Waals surface area contributed by atoms with Crippen LogP contribution in [0.3, 0.4) is 0 Å². The van der Waals surface area contributed by atoms with Gasteiger partial charge >= 0.3 is 0 Å². The van der Waals surface area contributed by atoms with Crippen LogP contribution in [0.15, 0.2) is 24.7 Å². The van der Waals surface area contributed by atoms with E-state index in [1.807, 2.05) is 26.1 Å². The van der Waals surface area contributed by atoms with Crippen molar-refractivity contribution in [1.82, 2.24) is 19.9 Å². The number of aromatic nitrogens is 4. The molecular formula is C15H19N5. The molecule has 0 amide bonds. The maximum Gasteiger partial charge on any atom is 0.147 e. The van der Waals surface area contributed by atoms with Crippen LogP contribution in [0.25, 0.3) is 0 Å². The van der Waals surface area contributed by atoms with E-state index in [0.29, 0.717) is 5.92 Å². The molecule has 3 heterocycles. The number of anilines is 1. The Balaban J connectivity index is 1.69. The van der Waals surface area contributed by atoms with Crippen LogP contribution in [0.2, 0.25) is 0 Å². The Morgan fingerprint density at radius 3 is 2.35 bits per heavy atom. The third-order valence-electron chi connectivity index (χ3n) is 3.73. The average Bonchev–Trinajstić information content (AvgIpc) is 2.47. The summed E-state index contributed by atoms with van der Waals surface area (Å²) >= 11 is 0. The fourth-order valence-electron chi connectivity index (χ4n) is 2.76. The van der Waals surface area contributed by atoms with Gasteiger partial charge in [0.2, 0.25) is 0 Å². The predicted molar refractivity (Wildman–Crippen MR) is 77.7 cm³/mol. The van der Waals surface area contributed by atoms with E-state index in [-0.39, 0.29) is 0 Å². The Hall–Kier alpha value is -2.04. The molecule has 1 fully saturated rings. The van der Waals surface area contributed by atoms with Gasteiger partial charge in [-0.2, -0.15) is 0 Å². The molecule has 5 heteroatoms. The highest BCUT2D eigenvalue weighted by Crippen LogP contribution is 2.27. The van der Waals surface area contributed by atoms with Crippen molar-refractivity contribution in [3.8, 4) is 0 Å². The molecule has 0 spiro atoms. The molecular weight excluding hydrogens is 250 g/mol. The largest absolute Gasteiger partial charge is 0.355 e. The zero-order valence-corrected chi connectivity index (χ0v) is 12.0. The average molecular weight is 269 g/mol. The van der Waals surface area contributed by atoms with Crippen LogP contribution < -0.4 is 4.90 Å². The van der Waals surface area contributed by atoms with Gasteiger partial charge in [0.15, 0.2) is 0 Å². The third-order valence-corrected chi connectivity index (χ3v) is 3.73. The Labute approximate surface area is 119 Å². The Kier molecular flexibility index (Phi) is 3.58. The number of hydrogen-bond acceptors (Lipinski definition) is 5. The van der Waals surface area contributed by atoms with Crippen LogP contribution >= 0.6 is 0 Å². The molecule has 1 aliphatic heterocycles. The Morgan fingerprint density at radius 2 is 1.75 bits per heavy atom. The highest BCUT2D eigenvalue weighted by atomic mass is 15.2. The van der Waals surface area contributed by atoms with Crippen LogP contribution in [0.1, 0.15) is 36.0 Å². The number of rotatable bonds is 2. The van der Waals surface area contributed by atoms with Gasteiger partial charge in [0.25, 0.3) is 0 Å². The monoisotopic (exact) mass is 269 g/mol. The zero-order chi connectivity index (χ0) is 13.9. The zero-order valence-electron chi connectivity index (χ0n) is 12.0. The summed E-state index contributed by atoms with van der Waals surface area (Å²) in [6.45, 7) is 6.04. The summed E-state index contributed by atoms with van der Waals surface area (Å²) in [6.07, 6.45) is 7.42. The summed E-state index contributed by atoms with van der Waals surface area (Å²) in [4.78, 5) is 20.0. The van der Waals surface area contributed by atoms with Gasteiger partial charge in [0.1, 0.15) is 11.6 Å². The van der Waals surface area contributed by atoms with Crippen molar-refractivity contribution in [2.24, 2.45) is 0 Å². The Bertz CT molecular complexity index is 556. The van der Waals surface area contributed by atoms with Crippen molar-refractivity contribution in [3.05, 3.63) is 41.9 Å². The van der Waals surface area contributed by atoms with E-state index in [0.717, 1.165) is 49.0 Å². The molecule has 2 aromatic rings. The minimum atomic E-state index is 0.460. The van der Waals surface area contributed by atoms with Crippen LogP contribution in [-0.4, -0.2) is 33.0 Å². The van der Waals surface area contributed by atoms with Crippen molar-refractivity contribution in [2.75, 3.05) is 18.0 Å². The van der Waals surface area contributed by atoms with E-state index >= 15 is 0 Å². The van der Waals surface area contributed by atoms with Crippen LogP contribution in [0, 0.1) is 13.8 Å². The molecule has 0 aromatic carbocycles. The second kappa shape index (κ2) is 5.53. The summed E-state index contributed by atoms with van der Waals surface area (Å²) in [7, 11) is 0. The lowest BCUT2D eigenvalue weighted by Crippen LogP contribution is -2.34. The maximum absolute atomic E-state index is 4.60. The molecule has 2 aromatic heterocycles. The molecule has 0 N–H and O–H groups in total. The summed E-state index contributed by atoms with van der Waals surface area (Å²) in [5.74, 6) is 2.43. The van der Waals surface area contributed by atoms with Gasteiger partial charge in [0.05, 0.1) is 6.20 Å². The molecule has 0 aliphatic carbocycles. The Morgan fingerprint density at radius 1 is 1.05 bits per heavy atom. The van der Waals surface area contributed by atoms with E-state index in [1.165, 1.54) is 0 Å². The molecule has 20 heavy (non-hydrogen) atoms. The van der Waals surface area contributed by atoms with Gasteiger partial charge in [-0.1, -0.05) is 0 Å². The lowest BCUT2D eigenvalue weighted by atomic mass is 9.95. The molecule has 1 aliphatic rings. The quantitative estimate of drug-likeness (QED) is 0.837. The first-order valence-corrected chi connectivity index (χ1v) is 7.05. The first kappa shape index (κ1) is 13.0. The normalized spacial score (nSPS) is 16.4. The molecule has 1 saturated heterocycles. The van der Waals surface area contributed by atoms with Gasteiger partial charge in [-0.15, -0.1) is 0 Å². The van der Waals surface area contributed by atoms with Crippen molar-refractivity contribution < 1.29 is 0 Å². The van der Waals surface area contributed by atoms with Crippen LogP contribution in [-0.2, 0) is 0 Å². The molecule has 0 unspecified atom stereocenters. The first-order chi connectivity index (χ1) is 9.72. The SMILES string of the molecule is Cc1cc(C)nc(C2CCN(c3cnccn3)CC2)n1. The van der Waals surface area contributed by atoms with E-state index in [2.05, 4.69) is 24.8 Å². The minimum Gasteiger partial charge on any atom is -0.355 e. The van der Waals surface area contributed by atoms with E-state index < -0.39 is 0 Å². The summed E-state index contributed by atoms with van der Waals surface area (Å²) in [5.41, 5.74) is 2.12. The standard InChI is InChI=1S/C15H19N5/c1-11-9-12(2)19-15(18-11)13-3-7-20(8-4-13)14-10-16-5-6-17-14/h5-6,9-10,13H,3-4,7-8H2,1-2H3. The van der Waals surface area contributed by atoms with Gasteiger partial charge in [-0.05, 0) is 32.8 Å². The van der Waals surface area contributed by atoms with Gasteiger partial charge in [0, 0.05) is 42.8 Å². The van der Waals surface area contributed by atoms with Crippen molar-refractivity contribution in [3.63, 3.8) is 0 Å². The minimum absolute atomic E-state index is 0.460. The molecule has 0 radical (unpaired) electrons. The summed E-state index contributed by atoms with van der Waals surface area (Å²) in [5, 5.41) is 0. The smallest absolute Gasteiger partial charge is 0.147 e. The highest BCUT2D eigenvalue weighted by molar-refractivity contribution is 5.35. The number of aryl methyl sites for hydroxylation is 2. The van der Waals surface area contributed by atoms with E-state index in [1.54, 1.807) is 12.4 Å². The van der Waals surface area contributed by atoms with Crippen molar-refractivity contribution in [1.29, 1.82) is 0 Å². The summed E-state index contributed by atoms with van der Waals surface area (Å²) < 4.78 is 0. The molecule has 0 bridgehead atoms. The molecule has 3 rings (SSSR count). The topological polar surface area (TPSA) is 54.8 Å². The van der Waals surface area contributed by atoms with Crippen LogP contribution in [0.5, 0.6) is 0 Å². The number of nitrogens with zero attached hydrogens (tertiary/aromatic N) is 5. The van der Waals surface area contributed by atoms with Gasteiger partial charge in [-0.25, -0.2) is 15.0 Å². The van der Waals surface area contributed by atoms with Crippen molar-refractivity contribution >= 4 is 5.82 Å². The van der Waals surface area contributed by atoms with Crippen LogP contribution in [0.4, 0.5) is 5.82 Å². The lowest BCUT2D eigenvalue weighted by Gasteiger charge is -2.31. The predicted octanol–water partition coefficient (Wildman–Crippen LogP) is 2.27. The van der Waals surface area contributed by atoms with Gasteiger partial charge in [-0.3, -0.25) is 4.98 Å². The number of piperidine rings is 1. The van der Waals surface area contributed by atoms with E-state index in [9.17, 15) is 0 Å². The first-order valence-electron chi connectivity index (χ1n) is 7.05. The summed E-state index contributed by atoms with van der Waals surface area (Å²) in [6, 6.07) is 2.03. The number of hydrogen-bond donors (Lipinski definition) is 0. The third kappa shape index (κ3) is 2.76. The second-order valence-corrected chi connectivity index (χ2v) is 5.33. The lowest BCUT2D eigenvalue weighted by molar-refractivity contribution is 0.481. The fraction of sp³-hybridized carbons (Fsp3) is 0.467.